The van der Waals surface area contributed by atoms with Crippen LogP contribution in [0.4, 0.5) is 5.69 Å². The highest BCUT2D eigenvalue weighted by Gasteiger charge is 2.24. The smallest absolute Gasteiger partial charge is 0.256 e. The molecule has 0 aromatic heterocycles. The molecule has 4 nitrogen and oxygen atoms in total. The number of likely N-dealkylation sites (tertiary alicyclic amines) is 1. The highest BCUT2D eigenvalue weighted by molar-refractivity contribution is 6.33. The molecule has 0 radical (unpaired) electrons. The third-order valence-electron chi connectivity index (χ3n) is 3.35. The summed E-state index contributed by atoms with van der Waals surface area (Å²) in [7, 11) is 1.71. The fourth-order valence-corrected chi connectivity index (χ4v) is 2.36. The Balaban J connectivity index is 2.10. The van der Waals surface area contributed by atoms with Gasteiger partial charge in [0.05, 0.1) is 22.4 Å². The van der Waals surface area contributed by atoms with Gasteiger partial charge in [-0.05, 0) is 25.0 Å². The Labute approximate surface area is 112 Å². The van der Waals surface area contributed by atoms with E-state index in [0.29, 0.717) is 29.4 Å². The molecule has 1 amide bonds. The fraction of sp³-hybridized carbons (Fsp3) is 0.462. The number of piperidine rings is 1. The van der Waals surface area contributed by atoms with Gasteiger partial charge in [-0.2, -0.15) is 0 Å². The van der Waals surface area contributed by atoms with Crippen LogP contribution >= 0.6 is 11.6 Å². The number of hydrogen-bond acceptors (Lipinski definition) is 3. The standard InChI is InChI=1S/C13H17ClN2O2/c1-18-9-5-7-16(8-6-9)13(17)10-3-2-4-11(14)12(10)15/h2-4,9H,5-8,15H2,1H3. The average Bonchev–Trinajstić information content (AvgIpc) is 2.41. The Hall–Kier alpha value is -1.26. The predicted molar refractivity (Wildman–Crippen MR) is 71.8 cm³/mol. The molecule has 0 aliphatic carbocycles. The number of carbonyl (C=O) groups is 1. The van der Waals surface area contributed by atoms with Gasteiger partial charge in [-0.25, -0.2) is 0 Å². The SMILES string of the molecule is COC1CCN(C(=O)c2cccc(Cl)c2N)CC1. The summed E-state index contributed by atoms with van der Waals surface area (Å²) in [6.45, 7) is 1.40. The number of benzene rings is 1. The van der Waals surface area contributed by atoms with Crippen molar-refractivity contribution in [3.8, 4) is 0 Å². The number of para-hydroxylation sites is 1. The molecule has 1 saturated heterocycles. The monoisotopic (exact) mass is 268 g/mol. The molecule has 98 valence electrons. The van der Waals surface area contributed by atoms with Crippen LogP contribution in [0, 0.1) is 0 Å². The minimum Gasteiger partial charge on any atom is -0.397 e. The summed E-state index contributed by atoms with van der Waals surface area (Å²) >= 11 is 5.93. The van der Waals surface area contributed by atoms with Gasteiger partial charge in [-0.1, -0.05) is 17.7 Å². The number of hydrogen-bond donors (Lipinski definition) is 1. The van der Waals surface area contributed by atoms with Crippen molar-refractivity contribution in [1.82, 2.24) is 4.90 Å². The molecule has 1 aliphatic heterocycles. The van der Waals surface area contributed by atoms with Crippen LogP contribution in [0.1, 0.15) is 23.2 Å². The van der Waals surface area contributed by atoms with E-state index in [4.69, 9.17) is 22.1 Å². The Morgan fingerprint density at radius 2 is 2.11 bits per heavy atom. The molecule has 18 heavy (non-hydrogen) atoms. The van der Waals surface area contributed by atoms with Crippen LogP contribution in [0.5, 0.6) is 0 Å². The van der Waals surface area contributed by atoms with Gasteiger partial charge in [0.15, 0.2) is 0 Å². The molecule has 0 saturated carbocycles. The van der Waals surface area contributed by atoms with Crippen molar-refractivity contribution in [3.05, 3.63) is 28.8 Å². The van der Waals surface area contributed by atoms with Crippen molar-refractivity contribution in [3.63, 3.8) is 0 Å². The number of carbonyl (C=O) groups excluding carboxylic acids is 1. The Kier molecular flexibility index (Phi) is 4.09. The van der Waals surface area contributed by atoms with E-state index >= 15 is 0 Å². The summed E-state index contributed by atoms with van der Waals surface area (Å²) in [6.07, 6.45) is 1.98. The number of nitrogens with zero attached hydrogens (tertiary/aromatic N) is 1. The molecule has 0 bridgehead atoms. The number of anilines is 1. The van der Waals surface area contributed by atoms with Crippen LogP contribution in [-0.2, 0) is 4.74 Å². The lowest BCUT2D eigenvalue weighted by Gasteiger charge is -2.31. The zero-order chi connectivity index (χ0) is 13.1. The maximum atomic E-state index is 12.3. The number of amides is 1. The van der Waals surface area contributed by atoms with Crippen LogP contribution < -0.4 is 5.73 Å². The summed E-state index contributed by atoms with van der Waals surface area (Å²) in [5.41, 5.74) is 6.68. The van der Waals surface area contributed by atoms with Crippen molar-refractivity contribution in [1.29, 1.82) is 0 Å². The number of halogens is 1. The average molecular weight is 269 g/mol. The van der Waals surface area contributed by atoms with Gasteiger partial charge in [-0.15, -0.1) is 0 Å². The van der Waals surface area contributed by atoms with Crippen molar-refractivity contribution in [2.24, 2.45) is 0 Å². The van der Waals surface area contributed by atoms with Crippen molar-refractivity contribution >= 4 is 23.2 Å². The first-order valence-corrected chi connectivity index (χ1v) is 6.37. The van der Waals surface area contributed by atoms with Gasteiger partial charge in [0.2, 0.25) is 0 Å². The van der Waals surface area contributed by atoms with Gasteiger partial charge in [0, 0.05) is 20.2 Å². The topological polar surface area (TPSA) is 55.6 Å². The normalized spacial score (nSPS) is 16.9. The van der Waals surface area contributed by atoms with E-state index in [0.717, 1.165) is 12.8 Å². The number of ether oxygens (including phenoxy) is 1. The van der Waals surface area contributed by atoms with Crippen molar-refractivity contribution < 1.29 is 9.53 Å². The van der Waals surface area contributed by atoms with Gasteiger partial charge < -0.3 is 15.4 Å². The summed E-state index contributed by atoms with van der Waals surface area (Å²) in [5.74, 6) is -0.0513. The van der Waals surface area contributed by atoms with Crippen molar-refractivity contribution in [2.75, 3.05) is 25.9 Å². The second-order valence-electron chi connectivity index (χ2n) is 4.43. The Morgan fingerprint density at radius 1 is 1.44 bits per heavy atom. The van der Waals surface area contributed by atoms with Crippen LogP contribution in [0.25, 0.3) is 0 Å². The predicted octanol–water partition coefficient (Wildman–Crippen LogP) is 2.17. The zero-order valence-corrected chi connectivity index (χ0v) is 11.1. The highest BCUT2D eigenvalue weighted by Crippen LogP contribution is 2.25. The van der Waals surface area contributed by atoms with Crippen molar-refractivity contribution in [2.45, 2.75) is 18.9 Å². The van der Waals surface area contributed by atoms with E-state index in [1.54, 1.807) is 30.2 Å². The quantitative estimate of drug-likeness (QED) is 0.837. The van der Waals surface area contributed by atoms with E-state index in [9.17, 15) is 4.79 Å². The number of nitrogens with two attached hydrogens (primary N) is 1. The number of rotatable bonds is 2. The molecule has 2 rings (SSSR count). The van der Waals surface area contributed by atoms with Crippen LogP contribution in [-0.4, -0.2) is 37.1 Å². The minimum atomic E-state index is -0.0513. The minimum absolute atomic E-state index is 0.0513. The molecule has 1 aromatic rings. The van der Waals surface area contributed by atoms with E-state index < -0.39 is 0 Å². The number of methoxy groups -OCH3 is 1. The lowest BCUT2D eigenvalue weighted by molar-refractivity contribution is 0.0351. The van der Waals surface area contributed by atoms with Gasteiger partial charge >= 0.3 is 0 Å². The second kappa shape index (κ2) is 5.59. The fourth-order valence-electron chi connectivity index (χ4n) is 2.19. The van der Waals surface area contributed by atoms with Crippen LogP contribution in [0.2, 0.25) is 5.02 Å². The summed E-state index contributed by atoms with van der Waals surface area (Å²) in [4.78, 5) is 14.1. The number of nitrogen functional groups attached to an aromatic ring is 1. The molecule has 0 unspecified atom stereocenters. The molecule has 0 atom stereocenters. The maximum Gasteiger partial charge on any atom is 0.256 e. The molecule has 1 aliphatic rings. The Bertz CT molecular complexity index is 443. The molecule has 1 heterocycles. The molecular formula is C13H17ClN2O2. The Morgan fingerprint density at radius 3 is 2.72 bits per heavy atom. The van der Waals surface area contributed by atoms with Gasteiger partial charge in [0.25, 0.3) is 5.91 Å². The van der Waals surface area contributed by atoms with E-state index in [1.807, 2.05) is 0 Å². The zero-order valence-electron chi connectivity index (χ0n) is 10.4. The molecule has 1 aromatic carbocycles. The summed E-state index contributed by atoms with van der Waals surface area (Å²) in [6, 6.07) is 5.14. The van der Waals surface area contributed by atoms with Gasteiger partial charge in [0.1, 0.15) is 0 Å². The lowest BCUT2D eigenvalue weighted by atomic mass is 10.1. The van der Waals surface area contributed by atoms with Crippen LogP contribution in [0.15, 0.2) is 18.2 Å². The maximum absolute atomic E-state index is 12.3. The highest BCUT2D eigenvalue weighted by atomic mass is 35.5. The third kappa shape index (κ3) is 2.60. The van der Waals surface area contributed by atoms with E-state index in [1.165, 1.54) is 0 Å². The summed E-state index contributed by atoms with van der Waals surface area (Å²) < 4.78 is 5.28. The van der Waals surface area contributed by atoms with Gasteiger partial charge in [-0.3, -0.25) is 4.79 Å². The molecule has 5 heteroatoms. The molecule has 2 N–H and O–H groups in total. The third-order valence-corrected chi connectivity index (χ3v) is 3.68. The van der Waals surface area contributed by atoms with Crippen LogP contribution in [0.3, 0.4) is 0 Å². The molecule has 1 fully saturated rings. The molecule has 0 spiro atoms. The second-order valence-corrected chi connectivity index (χ2v) is 4.84. The lowest BCUT2D eigenvalue weighted by Crippen LogP contribution is -2.40. The van der Waals surface area contributed by atoms with E-state index in [-0.39, 0.29) is 12.0 Å². The first-order chi connectivity index (χ1) is 8.63. The molecular weight excluding hydrogens is 252 g/mol. The first-order valence-electron chi connectivity index (χ1n) is 5.99. The summed E-state index contributed by atoms with van der Waals surface area (Å²) in [5, 5.41) is 0.424. The first kappa shape index (κ1) is 13.2. The largest absolute Gasteiger partial charge is 0.397 e. The van der Waals surface area contributed by atoms with E-state index in [2.05, 4.69) is 0 Å².